The van der Waals surface area contributed by atoms with Crippen molar-refractivity contribution in [1.29, 1.82) is 0 Å². The van der Waals surface area contributed by atoms with Crippen molar-refractivity contribution >= 4 is 86.1 Å². The SMILES string of the molecule is CCCCCCCc1ccc2c(c1)C[C@H]1C=Nc3cc(OCc4cc(COc5cc6c(cc5OC)C(=O)N5c7ccccc7C[C@H]5C=N6)cc(NC(=O)CCC(C)(C)SSCCCC(N)=O)c4)c(OC)cc3C(=O)N21. The van der Waals surface area contributed by atoms with Gasteiger partial charge in [-0.2, -0.15) is 0 Å². The molecule has 5 aromatic rings. The van der Waals surface area contributed by atoms with Crippen LogP contribution in [0.15, 0.2) is 94.9 Å². The molecule has 5 aromatic carbocycles. The van der Waals surface area contributed by atoms with E-state index in [2.05, 4.69) is 44.3 Å². The second kappa shape index (κ2) is 23.8. The molecule has 4 aliphatic rings. The van der Waals surface area contributed by atoms with E-state index in [4.69, 9.17) is 34.7 Å². The summed E-state index contributed by atoms with van der Waals surface area (Å²) in [4.78, 5) is 66.6. The number of nitrogens with zero attached hydrogens (tertiary/aromatic N) is 4. The average Bonchev–Trinajstić information content (AvgIpc) is 3.90. The average molecular weight is 1050 g/mol. The van der Waals surface area contributed by atoms with Gasteiger partial charge in [0, 0.05) is 77.8 Å². The van der Waals surface area contributed by atoms with Crippen LogP contribution in [0.3, 0.4) is 0 Å². The Hall–Kier alpha value is -6.78. The van der Waals surface area contributed by atoms with Gasteiger partial charge in [0.1, 0.15) is 13.2 Å². The number of aliphatic imine (C=N–C) groups is 2. The molecule has 392 valence electrons. The van der Waals surface area contributed by atoms with Crippen molar-refractivity contribution in [1.82, 2.24) is 0 Å². The first kappa shape index (κ1) is 53.1. The first-order valence-corrected chi connectivity index (χ1v) is 28.3. The third-order valence-corrected chi connectivity index (χ3v) is 17.4. The number of nitrogens with one attached hydrogen (secondary N) is 1. The zero-order chi connectivity index (χ0) is 52.6. The molecule has 0 bridgehead atoms. The number of ether oxygens (including phenoxy) is 4. The second-order valence-electron chi connectivity index (χ2n) is 20.1. The summed E-state index contributed by atoms with van der Waals surface area (Å²) in [7, 11) is 6.45. The van der Waals surface area contributed by atoms with E-state index in [0.717, 1.165) is 52.2 Å². The highest BCUT2D eigenvalue weighted by Crippen LogP contribution is 2.44. The molecule has 0 saturated heterocycles. The summed E-state index contributed by atoms with van der Waals surface area (Å²) in [6, 6.07) is 26.5. The molecular weight excluding hydrogens is 985 g/mol. The number of anilines is 3. The van der Waals surface area contributed by atoms with Gasteiger partial charge in [-0.05, 0) is 110 Å². The number of carbonyl (C=O) groups excluding carboxylic acids is 4. The van der Waals surface area contributed by atoms with E-state index in [1.165, 1.54) is 38.4 Å². The van der Waals surface area contributed by atoms with Crippen LogP contribution in [0.5, 0.6) is 23.0 Å². The summed E-state index contributed by atoms with van der Waals surface area (Å²) in [5.74, 6) is 1.58. The molecule has 3 N–H and O–H groups in total. The minimum absolute atomic E-state index is 0.0719. The van der Waals surface area contributed by atoms with Crippen molar-refractivity contribution in [3.05, 3.63) is 124 Å². The summed E-state index contributed by atoms with van der Waals surface area (Å²) in [6.07, 6.45) is 14.2. The van der Waals surface area contributed by atoms with Crippen molar-refractivity contribution in [2.45, 2.75) is 128 Å². The van der Waals surface area contributed by atoms with Crippen LogP contribution in [0, 0.1) is 0 Å². The molecule has 0 fully saturated rings. The highest BCUT2D eigenvalue weighted by atomic mass is 33.1. The van der Waals surface area contributed by atoms with Crippen LogP contribution >= 0.6 is 21.6 Å². The van der Waals surface area contributed by atoms with Crippen molar-refractivity contribution in [3.8, 4) is 23.0 Å². The van der Waals surface area contributed by atoms with Gasteiger partial charge in [-0.3, -0.25) is 39.0 Å². The molecule has 0 radical (unpaired) electrons. The van der Waals surface area contributed by atoms with E-state index in [1.54, 1.807) is 57.9 Å². The summed E-state index contributed by atoms with van der Waals surface area (Å²) >= 11 is 0. The lowest BCUT2D eigenvalue weighted by Gasteiger charge is -2.23. The molecular formula is C59H66N6O8S2. The Morgan fingerprint density at radius 3 is 1.91 bits per heavy atom. The predicted molar refractivity (Wildman–Crippen MR) is 302 cm³/mol. The fraction of sp³-hybridized carbons (Fsp3) is 0.390. The number of carbonyl (C=O) groups is 4. The number of methoxy groups -OCH3 is 2. The Morgan fingerprint density at radius 2 is 1.29 bits per heavy atom. The van der Waals surface area contributed by atoms with Gasteiger partial charge in [0.15, 0.2) is 23.0 Å². The van der Waals surface area contributed by atoms with Gasteiger partial charge in [-0.1, -0.05) is 84.5 Å². The molecule has 0 unspecified atom stereocenters. The highest BCUT2D eigenvalue weighted by molar-refractivity contribution is 8.77. The van der Waals surface area contributed by atoms with E-state index in [9.17, 15) is 19.2 Å². The Kier molecular flexibility index (Phi) is 16.9. The number of unbranched alkanes of at least 4 members (excludes halogenated alkanes) is 4. The van der Waals surface area contributed by atoms with Crippen LogP contribution < -0.4 is 39.8 Å². The van der Waals surface area contributed by atoms with Gasteiger partial charge in [-0.25, -0.2) is 0 Å². The fourth-order valence-corrected chi connectivity index (χ4v) is 12.8. The number of nitrogens with two attached hydrogens (primary N) is 1. The van der Waals surface area contributed by atoms with E-state index in [-0.39, 0.29) is 60.1 Å². The number of para-hydroxylation sites is 1. The molecule has 2 atom stereocenters. The number of hydrogen-bond donors (Lipinski definition) is 2. The van der Waals surface area contributed by atoms with Crippen LogP contribution in [0.1, 0.15) is 127 Å². The summed E-state index contributed by atoms with van der Waals surface area (Å²) in [5.41, 5.74) is 14.5. The van der Waals surface area contributed by atoms with Gasteiger partial charge >= 0.3 is 0 Å². The zero-order valence-electron chi connectivity index (χ0n) is 43.4. The van der Waals surface area contributed by atoms with Crippen molar-refractivity contribution < 1.29 is 38.1 Å². The van der Waals surface area contributed by atoms with Crippen molar-refractivity contribution in [2.24, 2.45) is 15.7 Å². The largest absolute Gasteiger partial charge is 0.493 e. The minimum atomic E-state index is -0.305. The van der Waals surface area contributed by atoms with Crippen LogP contribution in [0.25, 0.3) is 0 Å². The molecule has 4 heterocycles. The first-order valence-electron chi connectivity index (χ1n) is 26.0. The van der Waals surface area contributed by atoms with E-state index in [0.29, 0.717) is 83.3 Å². The maximum atomic E-state index is 14.4. The smallest absolute Gasteiger partial charge is 0.261 e. The molecule has 75 heavy (non-hydrogen) atoms. The topological polar surface area (TPSA) is 174 Å². The molecule has 0 aliphatic carbocycles. The number of primary amides is 1. The third-order valence-electron chi connectivity index (χ3n) is 14.0. The summed E-state index contributed by atoms with van der Waals surface area (Å²) in [5, 5.41) is 3.11. The second-order valence-corrected chi connectivity index (χ2v) is 23.3. The van der Waals surface area contributed by atoms with Gasteiger partial charge in [-0.15, -0.1) is 0 Å². The standard InChI is InChI=1S/C59H66N6O8S2/c1-6-7-8-9-10-14-37-18-19-50-41(24-37)28-44-34-62-48-32-54(52(71-5)30-46(48)58(69)65(44)50)73-36-39-23-38(25-42(26-39)63-56(67)20-21-59(2,3)75-74-22-13-17-55(60)66)35-72-53-31-47-45(29-51(53)70-4)57(68)64-43(33-61-47)27-40-15-11-12-16-49(40)64/h11-12,15-16,18-19,23-26,29-34,43-44H,6-10,13-14,17,20-22,27-28,35-36H2,1-5H3,(H2,60,66)(H,63,67)/t43-,44-/m0/s1. The lowest BCUT2D eigenvalue weighted by atomic mass is 10.0. The zero-order valence-corrected chi connectivity index (χ0v) is 45.1. The maximum Gasteiger partial charge on any atom is 0.261 e. The number of rotatable bonds is 24. The van der Waals surface area contributed by atoms with Crippen LogP contribution in [-0.2, 0) is 42.1 Å². The van der Waals surface area contributed by atoms with Gasteiger partial charge in [0.2, 0.25) is 11.8 Å². The Labute approximate surface area is 447 Å². The van der Waals surface area contributed by atoms with Crippen molar-refractivity contribution in [2.75, 3.05) is 35.1 Å². The van der Waals surface area contributed by atoms with Crippen LogP contribution in [0.2, 0.25) is 0 Å². The molecule has 4 amide bonds. The number of aryl methyl sites for hydroxylation is 1. The number of amides is 4. The summed E-state index contributed by atoms with van der Waals surface area (Å²) < 4.78 is 24.4. The number of benzene rings is 5. The van der Waals surface area contributed by atoms with Gasteiger partial charge in [0.25, 0.3) is 11.8 Å². The van der Waals surface area contributed by atoms with E-state index < -0.39 is 0 Å². The van der Waals surface area contributed by atoms with E-state index in [1.807, 2.05) is 59.8 Å². The van der Waals surface area contributed by atoms with Gasteiger partial charge < -0.3 is 30.0 Å². The number of fused-ring (bicyclic) bond motifs is 8. The Morgan fingerprint density at radius 1 is 0.693 bits per heavy atom. The quantitative estimate of drug-likeness (QED) is 0.0447. The maximum absolute atomic E-state index is 14.4. The molecule has 0 saturated carbocycles. The third kappa shape index (κ3) is 12.5. The predicted octanol–water partition coefficient (Wildman–Crippen LogP) is 12.1. The minimum Gasteiger partial charge on any atom is -0.493 e. The highest BCUT2D eigenvalue weighted by Gasteiger charge is 2.38. The molecule has 4 aliphatic heterocycles. The molecule has 0 spiro atoms. The Bertz CT molecular complexity index is 3030. The fourth-order valence-electron chi connectivity index (χ4n) is 10.1. The molecule has 9 rings (SSSR count). The molecule has 0 aromatic heterocycles. The number of hydrogen-bond acceptors (Lipinski definition) is 12. The molecule has 14 nitrogen and oxygen atoms in total. The van der Waals surface area contributed by atoms with E-state index >= 15 is 0 Å². The van der Waals surface area contributed by atoms with Crippen molar-refractivity contribution in [3.63, 3.8) is 0 Å². The van der Waals surface area contributed by atoms with Crippen LogP contribution in [-0.4, -0.2) is 72.9 Å². The molecule has 16 heteroatoms. The normalized spacial score (nSPS) is 16.0. The van der Waals surface area contributed by atoms with Gasteiger partial charge in [0.05, 0.1) is 48.8 Å². The first-order chi connectivity index (χ1) is 36.3. The lowest BCUT2D eigenvalue weighted by molar-refractivity contribution is -0.118. The van der Waals surface area contributed by atoms with Crippen LogP contribution in [0.4, 0.5) is 28.4 Å². The Balaban J connectivity index is 0.926. The lowest BCUT2D eigenvalue weighted by Crippen LogP contribution is -2.37. The monoisotopic (exact) mass is 1050 g/mol. The summed E-state index contributed by atoms with van der Waals surface area (Å²) in [6.45, 7) is 6.58.